The summed E-state index contributed by atoms with van der Waals surface area (Å²) in [5.41, 5.74) is 0.119. The predicted octanol–water partition coefficient (Wildman–Crippen LogP) is 5.81. The van der Waals surface area contributed by atoms with E-state index in [1.54, 1.807) is 11.3 Å². The molecule has 19 heavy (non-hydrogen) atoms. The highest BCUT2D eigenvalue weighted by Gasteiger charge is 2.23. The Hall–Kier alpha value is -0.740. The molecule has 0 radical (unpaired) electrons. The average molecular weight is 345 g/mol. The van der Waals surface area contributed by atoms with E-state index in [0.717, 1.165) is 4.88 Å². The van der Waals surface area contributed by atoms with Gasteiger partial charge in [0.25, 0.3) is 0 Å². The van der Waals surface area contributed by atoms with E-state index in [9.17, 15) is 8.78 Å². The normalized spacial score (nSPS) is 13.6. The van der Waals surface area contributed by atoms with Crippen LogP contribution in [0.3, 0.4) is 0 Å². The number of alkyl halides is 1. The first kappa shape index (κ1) is 14.7. The first-order valence-electron chi connectivity index (χ1n) is 5.99. The Labute approximate surface area is 124 Å². The van der Waals surface area contributed by atoms with E-state index in [1.165, 1.54) is 23.1 Å². The van der Waals surface area contributed by atoms with Gasteiger partial charge in [0.15, 0.2) is 0 Å². The van der Waals surface area contributed by atoms with Crippen molar-refractivity contribution in [1.29, 1.82) is 0 Å². The van der Waals surface area contributed by atoms with Gasteiger partial charge >= 0.3 is 0 Å². The molecule has 4 heteroatoms. The first-order chi connectivity index (χ1) is 8.80. The van der Waals surface area contributed by atoms with E-state index in [1.807, 2.05) is 12.1 Å². The van der Waals surface area contributed by atoms with Crippen molar-refractivity contribution in [2.75, 3.05) is 0 Å². The molecule has 0 aliphatic carbocycles. The maximum Gasteiger partial charge on any atom is 0.130 e. The summed E-state index contributed by atoms with van der Waals surface area (Å²) in [7, 11) is 0. The largest absolute Gasteiger partial charge is 0.207 e. The number of hydrogen-bond donors (Lipinski definition) is 0. The van der Waals surface area contributed by atoms with Crippen LogP contribution in [0.5, 0.6) is 0 Å². The van der Waals surface area contributed by atoms with E-state index in [4.69, 9.17) is 0 Å². The van der Waals surface area contributed by atoms with Crippen LogP contribution in [0.1, 0.15) is 40.9 Å². The maximum absolute atomic E-state index is 13.8. The van der Waals surface area contributed by atoms with Crippen LogP contribution < -0.4 is 0 Å². The molecule has 0 aliphatic heterocycles. The minimum atomic E-state index is -0.521. The smallest absolute Gasteiger partial charge is 0.130 e. The molecule has 1 aromatic carbocycles. The SMILES string of the molecule is CC(C)(C)c1ccc(C(Br)c2c(F)cccc2F)s1. The summed E-state index contributed by atoms with van der Waals surface area (Å²) in [6.07, 6.45) is 0. The third kappa shape index (κ3) is 3.06. The molecule has 0 spiro atoms. The molecule has 0 N–H and O–H groups in total. The standard InChI is InChI=1S/C15H15BrF2S/c1-15(2,3)12-8-7-11(19-12)14(16)13-9(17)5-4-6-10(13)18/h4-8,14H,1-3H3. The van der Waals surface area contributed by atoms with Crippen molar-refractivity contribution >= 4 is 27.3 Å². The maximum atomic E-state index is 13.8. The third-order valence-corrected chi connectivity index (χ3v) is 5.70. The second-order valence-electron chi connectivity index (χ2n) is 5.45. The highest BCUT2D eigenvalue weighted by atomic mass is 79.9. The summed E-state index contributed by atoms with van der Waals surface area (Å²) in [6, 6.07) is 7.89. The Bertz CT molecular complexity index is 564. The number of thiophene rings is 1. The van der Waals surface area contributed by atoms with Gasteiger partial charge in [0.2, 0.25) is 0 Å². The molecule has 1 atom stereocenters. The van der Waals surface area contributed by atoms with Crippen molar-refractivity contribution in [3.05, 3.63) is 57.3 Å². The van der Waals surface area contributed by atoms with Crippen LogP contribution in [0, 0.1) is 11.6 Å². The van der Waals surface area contributed by atoms with Crippen LogP contribution in [-0.2, 0) is 5.41 Å². The first-order valence-corrected chi connectivity index (χ1v) is 7.72. The van der Waals surface area contributed by atoms with Crippen molar-refractivity contribution in [2.24, 2.45) is 0 Å². The zero-order valence-corrected chi connectivity index (χ0v) is 13.4. The Morgan fingerprint density at radius 2 is 1.63 bits per heavy atom. The van der Waals surface area contributed by atoms with Crippen molar-refractivity contribution < 1.29 is 8.78 Å². The van der Waals surface area contributed by atoms with Gasteiger partial charge in [-0.1, -0.05) is 42.8 Å². The van der Waals surface area contributed by atoms with Gasteiger partial charge in [-0.25, -0.2) is 8.78 Å². The molecule has 2 aromatic rings. The fraction of sp³-hybridized carbons (Fsp3) is 0.333. The Morgan fingerprint density at radius 3 is 2.11 bits per heavy atom. The quantitative estimate of drug-likeness (QED) is 0.603. The summed E-state index contributed by atoms with van der Waals surface area (Å²) in [4.78, 5) is 1.66. The van der Waals surface area contributed by atoms with E-state index >= 15 is 0 Å². The van der Waals surface area contributed by atoms with Crippen molar-refractivity contribution in [3.63, 3.8) is 0 Å². The highest BCUT2D eigenvalue weighted by Crippen LogP contribution is 2.40. The van der Waals surface area contributed by atoms with Crippen molar-refractivity contribution in [3.8, 4) is 0 Å². The molecule has 0 bridgehead atoms. The predicted molar refractivity (Wildman–Crippen MR) is 80.1 cm³/mol. The number of hydrogen-bond acceptors (Lipinski definition) is 1. The van der Waals surface area contributed by atoms with E-state index < -0.39 is 16.5 Å². The van der Waals surface area contributed by atoms with Crippen LogP contribution in [0.2, 0.25) is 0 Å². The number of rotatable bonds is 2. The molecule has 1 unspecified atom stereocenters. The molecule has 1 heterocycles. The summed E-state index contributed by atoms with van der Waals surface area (Å²) in [5, 5.41) is 0. The zero-order chi connectivity index (χ0) is 14.2. The Morgan fingerprint density at radius 1 is 1.05 bits per heavy atom. The van der Waals surface area contributed by atoms with Gasteiger partial charge < -0.3 is 0 Å². The zero-order valence-electron chi connectivity index (χ0n) is 11.0. The molecule has 1 aromatic heterocycles. The van der Waals surface area contributed by atoms with Gasteiger partial charge in [0.05, 0.1) is 4.83 Å². The lowest BCUT2D eigenvalue weighted by atomic mass is 9.95. The minimum absolute atomic E-state index is 0.0451. The lowest BCUT2D eigenvalue weighted by Crippen LogP contribution is -2.07. The van der Waals surface area contributed by atoms with Crippen molar-refractivity contribution in [1.82, 2.24) is 0 Å². The number of halogens is 3. The Kier molecular flexibility index (Phi) is 4.11. The molecule has 0 aliphatic rings. The highest BCUT2D eigenvalue weighted by molar-refractivity contribution is 9.09. The molecule has 2 rings (SSSR count). The van der Waals surface area contributed by atoms with Gasteiger partial charge in [0.1, 0.15) is 11.6 Å². The number of benzene rings is 1. The Balaban J connectivity index is 2.40. The van der Waals surface area contributed by atoms with Gasteiger partial charge in [-0.3, -0.25) is 0 Å². The summed E-state index contributed by atoms with van der Waals surface area (Å²) in [6.45, 7) is 6.36. The van der Waals surface area contributed by atoms with Gasteiger partial charge in [-0.05, 0) is 29.7 Å². The fourth-order valence-electron chi connectivity index (χ4n) is 1.79. The molecule has 0 saturated heterocycles. The molecule has 0 nitrogen and oxygen atoms in total. The van der Waals surface area contributed by atoms with Crippen LogP contribution in [-0.4, -0.2) is 0 Å². The lowest BCUT2D eigenvalue weighted by molar-refractivity contribution is 0.561. The molecule has 0 saturated carbocycles. The van der Waals surface area contributed by atoms with E-state index in [2.05, 4.69) is 36.7 Å². The molecule has 0 amide bonds. The summed E-state index contributed by atoms with van der Waals surface area (Å²) >= 11 is 4.99. The molecular weight excluding hydrogens is 330 g/mol. The summed E-state index contributed by atoms with van der Waals surface area (Å²) in [5.74, 6) is -1.04. The average Bonchev–Trinajstić information content (AvgIpc) is 2.77. The van der Waals surface area contributed by atoms with Gasteiger partial charge in [0, 0.05) is 15.3 Å². The van der Waals surface area contributed by atoms with E-state index in [-0.39, 0.29) is 11.0 Å². The van der Waals surface area contributed by atoms with Crippen LogP contribution >= 0.6 is 27.3 Å². The topological polar surface area (TPSA) is 0 Å². The molecular formula is C15H15BrF2S. The second-order valence-corrected chi connectivity index (χ2v) is 7.48. The van der Waals surface area contributed by atoms with E-state index in [0.29, 0.717) is 0 Å². The van der Waals surface area contributed by atoms with Gasteiger partial charge in [-0.2, -0.15) is 0 Å². The van der Waals surface area contributed by atoms with Crippen LogP contribution in [0.25, 0.3) is 0 Å². The monoisotopic (exact) mass is 344 g/mol. The molecule has 102 valence electrons. The van der Waals surface area contributed by atoms with Crippen LogP contribution in [0.4, 0.5) is 8.78 Å². The third-order valence-electron chi connectivity index (χ3n) is 2.87. The second kappa shape index (κ2) is 5.33. The molecule has 0 fully saturated rings. The summed E-state index contributed by atoms with van der Waals surface area (Å²) < 4.78 is 27.5. The lowest BCUT2D eigenvalue weighted by Gasteiger charge is -2.16. The van der Waals surface area contributed by atoms with Crippen molar-refractivity contribution in [2.45, 2.75) is 31.0 Å². The van der Waals surface area contributed by atoms with Crippen LogP contribution in [0.15, 0.2) is 30.3 Å². The minimum Gasteiger partial charge on any atom is -0.207 e. The van der Waals surface area contributed by atoms with Gasteiger partial charge in [-0.15, -0.1) is 11.3 Å². The fourth-order valence-corrected chi connectivity index (χ4v) is 3.71.